The molecule has 0 spiro atoms. The van der Waals surface area contributed by atoms with Crippen LogP contribution in [0.1, 0.15) is 156 Å². The highest BCUT2D eigenvalue weighted by atomic mass is 16.4. The lowest BCUT2D eigenvalue weighted by Gasteiger charge is -2.04. The molecule has 0 unspecified atom stereocenters. The molecular weight excluding hydrogens is 400 g/mol. The van der Waals surface area contributed by atoms with Gasteiger partial charge in [-0.3, -0.25) is 9.59 Å². The van der Waals surface area contributed by atoms with E-state index in [9.17, 15) is 9.59 Å². The molecule has 0 aromatic carbocycles. The second-order valence-electron chi connectivity index (χ2n) is 10.3. The second-order valence-corrected chi connectivity index (χ2v) is 10.3. The lowest BCUT2D eigenvalue weighted by atomic mass is 10.0. The summed E-state index contributed by atoms with van der Waals surface area (Å²) >= 11 is 0. The molecule has 4 heteroatoms. The number of aliphatic carboxylic acids is 2. The largest absolute Gasteiger partial charge is 0.481 e. The van der Waals surface area contributed by atoms with Crippen LogP contribution in [0.3, 0.4) is 0 Å². The van der Waals surface area contributed by atoms with E-state index in [0.29, 0.717) is 12.8 Å². The molecule has 4 nitrogen and oxygen atoms in total. The Hall–Kier alpha value is -1.06. The summed E-state index contributed by atoms with van der Waals surface area (Å²) in [4.78, 5) is 20.5. The molecule has 192 valence electrons. The number of carbonyl (C=O) groups is 2. The fraction of sp³-hybridized carbons (Fsp3) is 0.929. The maximum atomic E-state index is 10.3. The SMILES string of the molecule is CC(C)CCCCCCCCCCC(=O)O.CC(C)CCCCCCCCCCC(=O)O. The highest BCUT2D eigenvalue weighted by Crippen LogP contribution is 2.14. The first-order valence-electron chi connectivity index (χ1n) is 13.7. The maximum Gasteiger partial charge on any atom is 0.303 e. The van der Waals surface area contributed by atoms with Crippen molar-refractivity contribution in [2.75, 3.05) is 0 Å². The quantitative estimate of drug-likeness (QED) is 0.159. The number of rotatable bonds is 22. The third kappa shape index (κ3) is 36.3. The molecule has 0 heterocycles. The van der Waals surface area contributed by atoms with E-state index >= 15 is 0 Å². The fourth-order valence-electron chi connectivity index (χ4n) is 3.78. The van der Waals surface area contributed by atoms with Gasteiger partial charge >= 0.3 is 11.9 Å². The van der Waals surface area contributed by atoms with Gasteiger partial charge in [0.1, 0.15) is 0 Å². The molecule has 0 saturated carbocycles. The van der Waals surface area contributed by atoms with Gasteiger partial charge < -0.3 is 10.2 Å². The first-order valence-corrected chi connectivity index (χ1v) is 13.7. The van der Waals surface area contributed by atoms with Crippen molar-refractivity contribution in [2.45, 2.75) is 156 Å². The molecule has 0 fully saturated rings. The average molecular weight is 457 g/mol. The van der Waals surface area contributed by atoms with Gasteiger partial charge in [-0.15, -0.1) is 0 Å². The maximum absolute atomic E-state index is 10.3. The molecule has 0 saturated heterocycles. The molecule has 0 aromatic rings. The lowest BCUT2D eigenvalue weighted by Crippen LogP contribution is -1.93. The zero-order valence-corrected chi connectivity index (χ0v) is 22.0. The van der Waals surface area contributed by atoms with Crippen LogP contribution < -0.4 is 0 Å². The Morgan fingerprint density at radius 3 is 0.875 bits per heavy atom. The number of carboxylic acid groups (broad SMARTS) is 2. The van der Waals surface area contributed by atoms with Crippen molar-refractivity contribution in [2.24, 2.45) is 11.8 Å². The normalized spacial score (nSPS) is 10.9. The van der Waals surface area contributed by atoms with E-state index in [1.165, 1.54) is 89.9 Å². The van der Waals surface area contributed by atoms with Crippen molar-refractivity contribution < 1.29 is 19.8 Å². The van der Waals surface area contributed by atoms with Crippen LogP contribution in [-0.2, 0) is 9.59 Å². The van der Waals surface area contributed by atoms with Crippen molar-refractivity contribution in [1.29, 1.82) is 0 Å². The fourth-order valence-corrected chi connectivity index (χ4v) is 3.78. The molecule has 0 rings (SSSR count). The Morgan fingerprint density at radius 2 is 0.656 bits per heavy atom. The average Bonchev–Trinajstić information content (AvgIpc) is 2.70. The van der Waals surface area contributed by atoms with Gasteiger partial charge in [0.25, 0.3) is 0 Å². The van der Waals surface area contributed by atoms with Crippen LogP contribution in [0.25, 0.3) is 0 Å². The number of hydrogen-bond donors (Lipinski definition) is 2. The highest BCUT2D eigenvalue weighted by Gasteiger charge is 1.98. The van der Waals surface area contributed by atoms with Gasteiger partial charge in [-0.2, -0.15) is 0 Å². The van der Waals surface area contributed by atoms with Gasteiger partial charge in [0.05, 0.1) is 0 Å². The van der Waals surface area contributed by atoms with Crippen LogP contribution >= 0.6 is 0 Å². The molecule has 0 aliphatic carbocycles. The predicted octanol–water partition coefficient (Wildman–Crippen LogP) is 9.26. The Kier molecular flexibility index (Phi) is 27.1. The summed E-state index contributed by atoms with van der Waals surface area (Å²) in [5.41, 5.74) is 0. The smallest absolute Gasteiger partial charge is 0.303 e. The summed E-state index contributed by atoms with van der Waals surface area (Å²) in [7, 11) is 0. The molecule has 0 bridgehead atoms. The summed E-state index contributed by atoms with van der Waals surface area (Å²) in [6.45, 7) is 9.12. The summed E-state index contributed by atoms with van der Waals surface area (Å²) in [5.74, 6) is 0.370. The minimum absolute atomic E-state index is 0.342. The Balaban J connectivity index is 0. The highest BCUT2D eigenvalue weighted by molar-refractivity contribution is 5.66. The van der Waals surface area contributed by atoms with Crippen LogP contribution in [0.5, 0.6) is 0 Å². The monoisotopic (exact) mass is 456 g/mol. The standard InChI is InChI=1S/2C14H28O2/c2*1-13(2)11-9-7-5-3-4-6-8-10-12-14(15)16/h2*13H,3-12H2,1-2H3,(H,15,16). The van der Waals surface area contributed by atoms with E-state index in [4.69, 9.17) is 10.2 Å². The van der Waals surface area contributed by atoms with Crippen molar-refractivity contribution in [3.8, 4) is 0 Å². The molecule has 2 N–H and O–H groups in total. The Labute approximate surface area is 200 Å². The topological polar surface area (TPSA) is 74.6 Å². The molecule has 0 amide bonds. The van der Waals surface area contributed by atoms with E-state index in [-0.39, 0.29) is 0 Å². The van der Waals surface area contributed by atoms with Crippen LogP contribution in [-0.4, -0.2) is 22.2 Å². The second kappa shape index (κ2) is 26.2. The number of carboxylic acids is 2. The van der Waals surface area contributed by atoms with Gasteiger partial charge in [-0.05, 0) is 24.7 Å². The minimum Gasteiger partial charge on any atom is -0.481 e. The Bertz CT molecular complexity index is 366. The zero-order chi connectivity index (χ0) is 24.5. The van der Waals surface area contributed by atoms with Gasteiger partial charge in [0, 0.05) is 12.8 Å². The zero-order valence-electron chi connectivity index (χ0n) is 22.0. The first kappa shape index (κ1) is 33.1. The van der Waals surface area contributed by atoms with E-state index in [1.54, 1.807) is 0 Å². The number of unbranched alkanes of at least 4 members (excludes halogenated alkanes) is 14. The molecule has 0 aromatic heterocycles. The molecule has 32 heavy (non-hydrogen) atoms. The molecule has 0 aliphatic heterocycles. The van der Waals surface area contributed by atoms with E-state index in [2.05, 4.69) is 27.7 Å². The van der Waals surface area contributed by atoms with E-state index in [0.717, 1.165) is 37.5 Å². The van der Waals surface area contributed by atoms with Crippen LogP contribution in [0.2, 0.25) is 0 Å². The predicted molar refractivity (Wildman–Crippen MR) is 137 cm³/mol. The summed E-state index contributed by atoms with van der Waals surface area (Å²) in [5, 5.41) is 16.9. The van der Waals surface area contributed by atoms with E-state index in [1.807, 2.05) is 0 Å². The van der Waals surface area contributed by atoms with Crippen LogP contribution in [0.15, 0.2) is 0 Å². The summed E-state index contributed by atoms with van der Waals surface area (Å²) in [6, 6.07) is 0. The molecular formula is C28H56O4. The van der Waals surface area contributed by atoms with Crippen LogP contribution in [0.4, 0.5) is 0 Å². The van der Waals surface area contributed by atoms with Crippen molar-refractivity contribution >= 4 is 11.9 Å². The third-order valence-corrected chi connectivity index (χ3v) is 5.84. The molecule has 0 radical (unpaired) electrons. The van der Waals surface area contributed by atoms with Crippen molar-refractivity contribution in [3.63, 3.8) is 0 Å². The van der Waals surface area contributed by atoms with Crippen LogP contribution in [0, 0.1) is 11.8 Å². The third-order valence-electron chi connectivity index (χ3n) is 5.84. The van der Waals surface area contributed by atoms with E-state index < -0.39 is 11.9 Å². The summed E-state index contributed by atoms with van der Waals surface area (Å²) < 4.78 is 0. The first-order chi connectivity index (χ1) is 15.3. The molecule has 0 aliphatic rings. The van der Waals surface area contributed by atoms with Crippen molar-refractivity contribution in [3.05, 3.63) is 0 Å². The minimum atomic E-state index is -0.659. The molecule has 0 atom stereocenters. The van der Waals surface area contributed by atoms with Gasteiger partial charge in [0.15, 0.2) is 0 Å². The van der Waals surface area contributed by atoms with Crippen molar-refractivity contribution in [1.82, 2.24) is 0 Å². The van der Waals surface area contributed by atoms with Gasteiger partial charge in [-0.1, -0.05) is 130 Å². The van der Waals surface area contributed by atoms with Gasteiger partial charge in [-0.25, -0.2) is 0 Å². The summed E-state index contributed by atoms with van der Waals surface area (Å²) in [6.07, 6.45) is 23.1. The van der Waals surface area contributed by atoms with Gasteiger partial charge in [0.2, 0.25) is 0 Å². The lowest BCUT2D eigenvalue weighted by molar-refractivity contribution is -0.138. The Morgan fingerprint density at radius 1 is 0.438 bits per heavy atom. The number of hydrogen-bond acceptors (Lipinski definition) is 2.